The van der Waals surface area contributed by atoms with Crippen LogP contribution in [0.4, 0.5) is 0 Å². The van der Waals surface area contributed by atoms with E-state index in [-0.39, 0.29) is 12.5 Å². The SMILES string of the molecule is CC(C)n1cnc2c(CC(=O)O)ccnc21. The van der Waals surface area contributed by atoms with Gasteiger partial charge < -0.3 is 9.67 Å². The lowest BCUT2D eigenvalue weighted by Crippen LogP contribution is -2.03. The second kappa shape index (κ2) is 3.92. The van der Waals surface area contributed by atoms with Gasteiger partial charge in [0.2, 0.25) is 0 Å². The second-order valence-corrected chi connectivity index (χ2v) is 3.96. The molecule has 84 valence electrons. The number of carbonyl (C=O) groups is 1. The minimum atomic E-state index is -0.855. The third kappa shape index (κ3) is 1.76. The molecule has 0 unspecified atom stereocenters. The number of rotatable bonds is 3. The van der Waals surface area contributed by atoms with E-state index < -0.39 is 5.97 Å². The van der Waals surface area contributed by atoms with Crippen LogP contribution in [-0.4, -0.2) is 25.6 Å². The molecule has 5 nitrogen and oxygen atoms in total. The molecule has 5 heteroatoms. The predicted octanol–water partition coefficient (Wildman–Crippen LogP) is 1.64. The summed E-state index contributed by atoms with van der Waals surface area (Å²) in [5.41, 5.74) is 2.13. The molecule has 1 N–H and O–H groups in total. The molecule has 2 heterocycles. The van der Waals surface area contributed by atoms with Gasteiger partial charge in [-0.1, -0.05) is 0 Å². The van der Waals surface area contributed by atoms with Crippen LogP contribution in [0.1, 0.15) is 25.5 Å². The van der Waals surface area contributed by atoms with Crippen LogP contribution in [0.15, 0.2) is 18.6 Å². The van der Waals surface area contributed by atoms with E-state index in [1.54, 1.807) is 18.6 Å². The number of hydrogen-bond donors (Lipinski definition) is 1. The fraction of sp³-hybridized carbons (Fsp3) is 0.364. The number of nitrogens with zero attached hydrogens (tertiary/aromatic N) is 3. The number of hydrogen-bond acceptors (Lipinski definition) is 3. The molecule has 16 heavy (non-hydrogen) atoms. The van der Waals surface area contributed by atoms with Gasteiger partial charge in [-0.05, 0) is 25.5 Å². The normalized spacial score (nSPS) is 11.2. The number of imidazole rings is 1. The first-order valence-corrected chi connectivity index (χ1v) is 5.12. The van der Waals surface area contributed by atoms with Crippen LogP contribution in [-0.2, 0) is 11.2 Å². The third-order valence-electron chi connectivity index (χ3n) is 2.44. The Kier molecular flexibility index (Phi) is 2.60. The zero-order chi connectivity index (χ0) is 11.7. The Morgan fingerprint density at radius 2 is 2.25 bits per heavy atom. The van der Waals surface area contributed by atoms with Crippen LogP contribution in [0.2, 0.25) is 0 Å². The van der Waals surface area contributed by atoms with Gasteiger partial charge in [-0.2, -0.15) is 0 Å². The Labute approximate surface area is 92.8 Å². The van der Waals surface area contributed by atoms with E-state index in [2.05, 4.69) is 9.97 Å². The summed E-state index contributed by atoms with van der Waals surface area (Å²) in [5, 5.41) is 8.79. The maximum Gasteiger partial charge on any atom is 0.307 e. The van der Waals surface area contributed by atoms with Gasteiger partial charge in [0, 0.05) is 12.2 Å². The number of fused-ring (bicyclic) bond motifs is 1. The van der Waals surface area contributed by atoms with Crippen LogP contribution in [0.5, 0.6) is 0 Å². The summed E-state index contributed by atoms with van der Waals surface area (Å²) in [5.74, 6) is -0.855. The van der Waals surface area contributed by atoms with Crippen LogP contribution in [0.3, 0.4) is 0 Å². The van der Waals surface area contributed by atoms with Crippen molar-refractivity contribution in [3.63, 3.8) is 0 Å². The smallest absolute Gasteiger partial charge is 0.307 e. The molecule has 0 fully saturated rings. The minimum absolute atomic E-state index is 0.0197. The molecule has 2 aromatic rings. The van der Waals surface area contributed by atoms with Crippen molar-refractivity contribution in [3.05, 3.63) is 24.2 Å². The highest BCUT2D eigenvalue weighted by molar-refractivity contribution is 5.81. The summed E-state index contributed by atoms with van der Waals surface area (Å²) in [7, 11) is 0. The van der Waals surface area contributed by atoms with Crippen molar-refractivity contribution in [2.45, 2.75) is 26.3 Å². The van der Waals surface area contributed by atoms with Crippen LogP contribution >= 0.6 is 0 Å². The molecule has 0 aliphatic carbocycles. The van der Waals surface area contributed by atoms with Crippen molar-refractivity contribution in [1.82, 2.24) is 14.5 Å². The van der Waals surface area contributed by atoms with Crippen LogP contribution in [0, 0.1) is 0 Å². The molecule has 2 rings (SSSR count). The zero-order valence-electron chi connectivity index (χ0n) is 9.21. The molecule has 0 aromatic carbocycles. The maximum atomic E-state index is 10.7. The lowest BCUT2D eigenvalue weighted by Gasteiger charge is -2.06. The number of aliphatic carboxylic acids is 1. The Hall–Kier alpha value is -1.91. The van der Waals surface area contributed by atoms with Crippen molar-refractivity contribution in [2.24, 2.45) is 0 Å². The van der Waals surface area contributed by atoms with E-state index in [9.17, 15) is 4.79 Å². The van der Waals surface area contributed by atoms with Gasteiger partial charge in [0.15, 0.2) is 5.65 Å². The first kappa shape index (κ1) is 10.6. The lowest BCUT2D eigenvalue weighted by atomic mass is 10.2. The molecule has 0 aliphatic heterocycles. The molecule has 0 amide bonds. The number of pyridine rings is 1. The van der Waals surface area contributed by atoms with Crippen LogP contribution < -0.4 is 0 Å². The Balaban J connectivity index is 2.57. The number of carboxylic acid groups (broad SMARTS) is 1. The van der Waals surface area contributed by atoms with E-state index in [4.69, 9.17) is 5.11 Å². The monoisotopic (exact) mass is 219 g/mol. The van der Waals surface area contributed by atoms with Crippen molar-refractivity contribution in [1.29, 1.82) is 0 Å². The van der Waals surface area contributed by atoms with Crippen molar-refractivity contribution in [2.75, 3.05) is 0 Å². The third-order valence-corrected chi connectivity index (χ3v) is 2.44. The fourth-order valence-electron chi connectivity index (χ4n) is 1.67. The second-order valence-electron chi connectivity index (χ2n) is 3.96. The number of aromatic nitrogens is 3. The molecule has 0 radical (unpaired) electrons. The van der Waals surface area contributed by atoms with E-state index in [0.717, 1.165) is 5.65 Å². The Morgan fingerprint density at radius 1 is 1.50 bits per heavy atom. The highest BCUT2D eigenvalue weighted by Gasteiger charge is 2.12. The Bertz CT molecular complexity index is 531. The maximum absolute atomic E-state index is 10.7. The fourth-order valence-corrected chi connectivity index (χ4v) is 1.67. The van der Waals surface area contributed by atoms with Crippen molar-refractivity contribution in [3.8, 4) is 0 Å². The number of carboxylic acids is 1. The quantitative estimate of drug-likeness (QED) is 0.852. The van der Waals surface area contributed by atoms with E-state index in [1.807, 2.05) is 18.4 Å². The summed E-state index contributed by atoms with van der Waals surface area (Å²) in [4.78, 5) is 19.2. The first-order chi connectivity index (χ1) is 7.59. The molecule has 0 bridgehead atoms. The molecular formula is C11H13N3O2. The van der Waals surface area contributed by atoms with Gasteiger partial charge in [0.1, 0.15) is 5.52 Å². The molecule has 0 aliphatic rings. The predicted molar refractivity (Wildman–Crippen MR) is 59.3 cm³/mol. The summed E-state index contributed by atoms with van der Waals surface area (Å²) in [6.45, 7) is 4.07. The molecule has 2 aromatic heterocycles. The average molecular weight is 219 g/mol. The topological polar surface area (TPSA) is 68.0 Å². The summed E-state index contributed by atoms with van der Waals surface area (Å²) in [6, 6.07) is 1.96. The van der Waals surface area contributed by atoms with Gasteiger partial charge in [0.05, 0.1) is 12.7 Å². The Morgan fingerprint density at radius 3 is 2.88 bits per heavy atom. The van der Waals surface area contributed by atoms with Gasteiger partial charge in [-0.15, -0.1) is 0 Å². The van der Waals surface area contributed by atoms with Gasteiger partial charge in [0.25, 0.3) is 0 Å². The minimum Gasteiger partial charge on any atom is -0.481 e. The van der Waals surface area contributed by atoms with Gasteiger partial charge in [-0.3, -0.25) is 4.79 Å². The summed E-state index contributed by atoms with van der Waals surface area (Å²) < 4.78 is 1.93. The molecule has 0 saturated carbocycles. The average Bonchev–Trinajstić information content (AvgIpc) is 2.61. The first-order valence-electron chi connectivity index (χ1n) is 5.12. The van der Waals surface area contributed by atoms with Gasteiger partial charge >= 0.3 is 5.97 Å². The lowest BCUT2D eigenvalue weighted by molar-refractivity contribution is -0.136. The summed E-state index contributed by atoms with van der Waals surface area (Å²) in [6.07, 6.45) is 3.31. The highest BCUT2D eigenvalue weighted by Crippen LogP contribution is 2.18. The zero-order valence-corrected chi connectivity index (χ0v) is 9.21. The molecule has 0 atom stereocenters. The van der Waals surface area contributed by atoms with Crippen molar-refractivity contribution < 1.29 is 9.90 Å². The standard InChI is InChI=1S/C11H13N3O2/c1-7(2)14-6-13-10-8(5-9(15)16)3-4-12-11(10)14/h3-4,6-7H,5H2,1-2H3,(H,15,16). The van der Waals surface area contributed by atoms with E-state index >= 15 is 0 Å². The summed E-state index contributed by atoms with van der Waals surface area (Å²) >= 11 is 0. The molecule has 0 saturated heterocycles. The van der Waals surface area contributed by atoms with E-state index in [1.165, 1.54) is 0 Å². The van der Waals surface area contributed by atoms with E-state index in [0.29, 0.717) is 11.1 Å². The molecule has 0 spiro atoms. The van der Waals surface area contributed by atoms with Crippen molar-refractivity contribution >= 4 is 17.1 Å². The highest BCUT2D eigenvalue weighted by atomic mass is 16.4. The van der Waals surface area contributed by atoms with Crippen LogP contribution in [0.25, 0.3) is 11.2 Å². The molecular weight excluding hydrogens is 206 g/mol. The van der Waals surface area contributed by atoms with Gasteiger partial charge in [-0.25, -0.2) is 9.97 Å². The largest absolute Gasteiger partial charge is 0.481 e.